The van der Waals surface area contributed by atoms with Crippen molar-refractivity contribution in [1.29, 1.82) is 0 Å². The van der Waals surface area contributed by atoms with E-state index in [1.807, 2.05) is 12.1 Å². The molecule has 0 radical (unpaired) electrons. The van der Waals surface area contributed by atoms with E-state index >= 15 is 0 Å². The van der Waals surface area contributed by atoms with E-state index in [2.05, 4.69) is 44.9 Å². The fourth-order valence-corrected chi connectivity index (χ4v) is 2.05. The maximum atomic E-state index is 10.1. The van der Waals surface area contributed by atoms with Gasteiger partial charge in [0, 0.05) is 13.1 Å². The number of aryl methyl sites for hydroxylation is 1. The molecule has 0 bridgehead atoms. The summed E-state index contributed by atoms with van der Waals surface area (Å²) < 4.78 is 0. The predicted octanol–water partition coefficient (Wildman–Crippen LogP) is 3.40. The van der Waals surface area contributed by atoms with E-state index in [0.29, 0.717) is 0 Å². The number of hydrogen-bond donors (Lipinski definition) is 1. The molecule has 2 atom stereocenters. The molecule has 18 heavy (non-hydrogen) atoms. The summed E-state index contributed by atoms with van der Waals surface area (Å²) in [5, 5.41) is 10.1. The second-order valence-electron chi connectivity index (χ2n) is 5.49. The minimum Gasteiger partial charge on any atom is -0.388 e. The van der Waals surface area contributed by atoms with Crippen molar-refractivity contribution < 1.29 is 5.11 Å². The number of nitrogens with zero attached hydrogens (tertiary/aromatic N) is 1. The molecule has 1 N–H and O–H groups in total. The average molecular weight is 249 g/mol. The molecule has 2 unspecified atom stereocenters. The number of aliphatic hydroxyl groups excluding tert-OH is 1. The zero-order chi connectivity index (χ0) is 13.5. The van der Waals surface area contributed by atoms with Crippen molar-refractivity contribution in [3.05, 3.63) is 35.4 Å². The van der Waals surface area contributed by atoms with E-state index in [9.17, 15) is 5.11 Å². The van der Waals surface area contributed by atoms with Gasteiger partial charge in [0.25, 0.3) is 0 Å². The molecule has 0 heterocycles. The van der Waals surface area contributed by atoms with Crippen molar-refractivity contribution in [2.24, 2.45) is 5.92 Å². The lowest BCUT2D eigenvalue weighted by Crippen LogP contribution is -2.26. The highest BCUT2D eigenvalue weighted by molar-refractivity contribution is 5.22. The number of aliphatic hydroxyl groups is 1. The quantitative estimate of drug-likeness (QED) is 0.800. The third-order valence-corrected chi connectivity index (χ3v) is 3.57. The van der Waals surface area contributed by atoms with Crippen LogP contribution in [0.2, 0.25) is 0 Å². The maximum Gasteiger partial charge on any atom is 0.0802 e. The van der Waals surface area contributed by atoms with Gasteiger partial charge in [-0.2, -0.15) is 0 Å². The van der Waals surface area contributed by atoms with Gasteiger partial charge >= 0.3 is 0 Å². The van der Waals surface area contributed by atoms with Crippen LogP contribution in [-0.2, 0) is 0 Å². The van der Waals surface area contributed by atoms with Crippen molar-refractivity contribution in [1.82, 2.24) is 4.90 Å². The van der Waals surface area contributed by atoms with Gasteiger partial charge in [0.15, 0.2) is 0 Å². The van der Waals surface area contributed by atoms with Gasteiger partial charge in [-0.25, -0.2) is 0 Å². The molecule has 1 aromatic carbocycles. The number of hydrogen-bond acceptors (Lipinski definition) is 2. The Morgan fingerprint density at radius 2 is 1.83 bits per heavy atom. The summed E-state index contributed by atoms with van der Waals surface area (Å²) in [6, 6.07) is 8.16. The van der Waals surface area contributed by atoms with Crippen LogP contribution in [0, 0.1) is 12.8 Å². The molecule has 0 aromatic heterocycles. The van der Waals surface area contributed by atoms with Crippen LogP contribution >= 0.6 is 0 Å². The van der Waals surface area contributed by atoms with E-state index in [4.69, 9.17) is 0 Å². The molecule has 0 saturated heterocycles. The zero-order valence-electron chi connectivity index (χ0n) is 12.2. The Kier molecular flexibility index (Phi) is 6.37. The summed E-state index contributed by atoms with van der Waals surface area (Å²) in [5.74, 6) is 0.728. The first kappa shape index (κ1) is 15.2. The molecule has 0 fully saturated rings. The first-order chi connectivity index (χ1) is 8.52. The van der Waals surface area contributed by atoms with Crippen LogP contribution in [0.4, 0.5) is 0 Å². The van der Waals surface area contributed by atoms with Crippen LogP contribution in [0.15, 0.2) is 24.3 Å². The molecule has 0 aliphatic heterocycles. The summed E-state index contributed by atoms with van der Waals surface area (Å²) in [4.78, 5) is 2.31. The lowest BCUT2D eigenvalue weighted by atomic mass is 10.0. The maximum absolute atomic E-state index is 10.1. The lowest BCUT2D eigenvalue weighted by Gasteiger charge is -2.22. The number of benzene rings is 1. The summed E-state index contributed by atoms with van der Waals surface area (Å²) >= 11 is 0. The Morgan fingerprint density at radius 3 is 2.39 bits per heavy atom. The van der Waals surface area contributed by atoms with E-state index in [-0.39, 0.29) is 6.10 Å². The van der Waals surface area contributed by atoms with E-state index in [1.54, 1.807) is 0 Å². The molecular formula is C16H27NO. The number of rotatable bonds is 7. The summed E-state index contributed by atoms with van der Waals surface area (Å²) in [5.41, 5.74) is 2.26. The molecule has 1 rings (SSSR count). The highest BCUT2D eigenvalue weighted by Gasteiger charge is 2.10. The summed E-state index contributed by atoms with van der Waals surface area (Å²) in [6.45, 7) is 8.61. The highest BCUT2D eigenvalue weighted by Crippen LogP contribution is 2.17. The molecule has 0 saturated carbocycles. The molecule has 102 valence electrons. The van der Waals surface area contributed by atoms with Crippen molar-refractivity contribution in [3.63, 3.8) is 0 Å². The molecule has 0 spiro atoms. The van der Waals surface area contributed by atoms with Gasteiger partial charge in [-0.1, -0.05) is 50.1 Å². The molecule has 1 aromatic rings. The van der Waals surface area contributed by atoms with E-state index in [1.165, 1.54) is 12.0 Å². The van der Waals surface area contributed by atoms with Crippen LogP contribution in [0.5, 0.6) is 0 Å². The SMILES string of the molecule is CCC(C)CN(C)CCC(O)c1ccc(C)cc1. The van der Waals surface area contributed by atoms with E-state index in [0.717, 1.165) is 31.0 Å². The van der Waals surface area contributed by atoms with Crippen LogP contribution in [-0.4, -0.2) is 30.1 Å². The third-order valence-electron chi connectivity index (χ3n) is 3.57. The third kappa shape index (κ3) is 5.19. The van der Waals surface area contributed by atoms with Crippen LogP contribution in [0.1, 0.15) is 43.9 Å². The van der Waals surface area contributed by atoms with Gasteiger partial charge in [0.1, 0.15) is 0 Å². The van der Waals surface area contributed by atoms with Gasteiger partial charge in [-0.3, -0.25) is 0 Å². The minimum atomic E-state index is -0.343. The van der Waals surface area contributed by atoms with Crippen molar-refractivity contribution in [3.8, 4) is 0 Å². The monoisotopic (exact) mass is 249 g/mol. The first-order valence-electron chi connectivity index (χ1n) is 6.96. The fourth-order valence-electron chi connectivity index (χ4n) is 2.05. The predicted molar refractivity (Wildman–Crippen MR) is 77.7 cm³/mol. The average Bonchev–Trinajstić information content (AvgIpc) is 2.36. The summed E-state index contributed by atoms with van der Waals surface area (Å²) in [7, 11) is 2.13. The lowest BCUT2D eigenvalue weighted by molar-refractivity contribution is 0.145. The molecule has 2 nitrogen and oxygen atoms in total. The highest BCUT2D eigenvalue weighted by atomic mass is 16.3. The normalized spacial score (nSPS) is 14.8. The van der Waals surface area contributed by atoms with Crippen LogP contribution in [0.3, 0.4) is 0 Å². The molecule has 2 heteroatoms. The van der Waals surface area contributed by atoms with E-state index < -0.39 is 0 Å². The van der Waals surface area contributed by atoms with Gasteiger partial charge in [-0.15, -0.1) is 0 Å². The Morgan fingerprint density at radius 1 is 1.22 bits per heavy atom. The van der Waals surface area contributed by atoms with Gasteiger partial charge in [-0.05, 0) is 31.9 Å². The largest absolute Gasteiger partial charge is 0.388 e. The Bertz CT molecular complexity index is 333. The smallest absolute Gasteiger partial charge is 0.0802 e. The Hall–Kier alpha value is -0.860. The Labute approximate surface area is 112 Å². The van der Waals surface area contributed by atoms with Gasteiger partial charge in [0.2, 0.25) is 0 Å². The van der Waals surface area contributed by atoms with Crippen LogP contribution in [0.25, 0.3) is 0 Å². The summed E-state index contributed by atoms with van der Waals surface area (Å²) in [6.07, 6.45) is 1.67. The van der Waals surface area contributed by atoms with Crippen molar-refractivity contribution in [2.75, 3.05) is 20.1 Å². The second kappa shape index (κ2) is 7.55. The Balaban J connectivity index is 2.36. The zero-order valence-corrected chi connectivity index (χ0v) is 12.2. The van der Waals surface area contributed by atoms with Crippen LogP contribution < -0.4 is 0 Å². The second-order valence-corrected chi connectivity index (χ2v) is 5.49. The molecular weight excluding hydrogens is 222 g/mol. The first-order valence-corrected chi connectivity index (χ1v) is 6.96. The van der Waals surface area contributed by atoms with Gasteiger partial charge < -0.3 is 10.0 Å². The van der Waals surface area contributed by atoms with Crippen molar-refractivity contribution >= 4 is 0 Å². The minimum absolute atomic E-state index is 0.343. The molecule has 0 amide bonds. The van der Waals surface area contributed by atoms with Gasteiger partial charge in [0.05, 0.1) is 6.10 Å². The topological polar surface area (TPSA) is 23.5 Å². The fraction of sp³-hybridized carbons (Fsp3) is 0.625. The van der Waals surface area contributed by atoms with Crippen molar-refractivity contribution in [2.45, 2.75) is 39.7 Å². The molecule has 0 aliphatic carbocycles. The molecule has 0 aliphatic rings. The standard InChI is InChI=1S/C16H27NO/c1-5-13(2)12-17(4)11-10-16(18)15-8-6-14(3)7-9-15/h6-9,13,16,18H,5,10-12H2,1-4H3.